The van der Waals surface area contributed by atoms with Crippen molar-refractivity contribution in [3.8, 4) is 5.75 Å². The largest absolute Gasteiger partial charge is 0.494 e. The predicted octanol–water partition coefficient (Wildman–Crippen LogP) is 2.61. The number of aromatic nitrogens is 2. The zero-order valence-electron chi connectivity index (χ0n) is 11.1. The molecule has 0 atom stereocenters. The minimum Gasteiger partial charge on any atom is -0.494 e. The van der Waals surface area contributed by atoms with Crippen molar-refractivity contribution in [3.05, 3.63) is 53.6 Å². The third-order valence-corrected chi connectivity index (χ3v) is 2.78. The van der Waals surface area contributed by atoms with Crippen LogP contribution in [0.3, 0.4) is 0 Å². The molecule has 0 spiro atoms. The van der Waals surface area contributed by atoms with Crippen LogP contribution in [-0.4, -0.2) is 22.4 Å². The second-order valence-corrected chi connectivity index (χ2v) is 4.21. The van der Waals surface area contributed by atoms with E-state index in [-0.39, 0.29) is 12.2 Å². The van der Waals surface area contributed by atoms with Crippen molar-refractivity contribution in [3.63, 3.8) is 0 Å². The summed E-state index contributed by atoms with van der Waals surface area (Å²) >= 11 is 0. The molecule has 1 aromatic heterocycles. The first kappa shape index (κ1) is 13.2. The molecule has 0 aliphatic heterocycles. The number of hydrogen-bond donors (Lipinski definition) is 0. The van der Waals surface area contributed by atoms with Crippen LogP contribution < -0.4 is 4.74 Å². The van der Waals surface area contributed by atoms with E-state index in [0.717, 1.165) is 17.0 Å². The quantitative estimate of drug-likeness (QED) is 0.772. The highest BCUT2D eigenvalue weighted by atomic mass is 16.5. The van der Waals surface area contributed by atoms with Crippen molar-refractivity contribution in [2.45, 2.75) is 20.3 Å². The summed E-state index contributed by atoms with van der Waals surface area (Å²) in [5, 5.41) is 0. The Kier molecular flexibility index (Phi) is 4.23. The zero-order valence-corrected chi connectivity index (χ0v) is 11.1. The molecule has 2 rings (SSSR count). The van der Waals surface area contributed by atoms with E-state index < -0.39 is 0 Å². The minimum atomic E-state index is 0.0462. The number of Topliss-reactive ketones (excluding diaryl/α,β-unsaturated/α-hetero) is 1. The molecule has 98 valence electrons. The van der Waals surface area contributed by atoms with Gasteiger partial charge in [0.15, 0.2) is 5.78 Å². The van der Waals surface area contributed by atoms with Gasteiger partial charge in [0.2, 0.25) is 0 Å². The monoisotopic (exact) mass is 256 g/mol. The fraction of sp³-hybridized carbons (Fsp3) is 0.267. The number of carbonyl (C=O) groups excluding carboxylic acids is 1. The van der Waals surface area contributed by atoms with E-state index in [1.807, 2.05) is 26.0 Å². The highest BCUT2D eigenvalue weighted by Crippen LogP contribution is 2.20. The first-order valence-electron chi connectivity index (χ1n) is 6.22. The van der Waals surface area contributed by atoms with Gasteiger partial charge in [-0.25, -0.2) is 9.97 Å². The van der Waals surface area contributed by atoms with E-state index in [1.165, 1.54) is 6.33 Å². The molecule has 4 heteroatoms. The molecule has 0 aliphatic rings. The first-order chi connectivity index (χ1) is 9.20. The molecule has 0 aliphatic carbocycles. The van der Waals surface area contributed by atoms with Crippen LogP contribution >= 0.6 is 0 Å². The van der Waals surface area contributed by atoms with Gasteiger partial charge in [0.05, 0.1) is 18.7 Å². The van der Waals surface area contributed by atoms with E-state index in [1.54, 1.807) is 18.3 Å². The second kappa shape index (κ2) is 6.09. The minimum absolute atomic E-state index is 0.0462. The summed E-state index contributed by atoms with van der Waals surface area (Å²) in [5.74, 6) is 0.867. The van der Waals surface area contributed by atoms with E-state index in [4.69, 9.17) is 4.74 Å². The Labute approximate surface area is 112 Å². The summed E-state index contributed by atoms with van der Waals surface area (Å²) in [6.07, 6.45) is 3.38. The average Bonchev–Trinajstić information content (AvgIpc) is 2.42. The van der Waals surface area contributed by atoms with Crippen LogP contribution in [0, 0.1) is 6.92 Å². The van der Waals surface area contributed by atoms with Crippen LogP contribution in [0.4, 0.5) is 0 Å². The summed E-state index contributed by atoms with van der Waals surface area (Å²) in [6.45, 7) is 4.50. The van der Waals surface area contributed by atoms with Crippen molar-refractivity contribution < 1.29 is 9.53 Å². The molecular weight excluding hydrogens is 240 g/mol. The summed E-state index contributed by atoms with van der Waals surface area (Å²) in [7, 11) is 0. The summed E-state index contributed by atoms with van der Waals surface area (Å²) in [5.41, 5.74) is 2.38. The maximum atomic E-state index is 12.1. The molecule has 0 unspecified atom stereocenters. The van der Waals surface area contributed by atoms with Gasteiger partial charge in [0.25, 0.3) is 0 Å². The lowest BCUT2D eigenvalue weighted by molar-refractivity contribution is 0.0992. The number of ketones is 1. The molecule has 0 saturated carbocycles. The summed E-state index contributed by atoms with van der Waals surface area (Å²) < 4.78 is 5.46. The van der Waals surface area contributed by atoms with Gasteiger partial charge in [-0.3, -0.25) is 4.79 Å². The number of rotatable bonds is 5. The van der Waals surface area contributed by atoms with E-state index in [0.29, 0.717) is 12.2 Å². The van der Waals surface area contributed by atoms with Gasteiger partial charge in [0.1, 0.15) is 12.1 Å². The van der Waals surface area contributed by atoms with Crippen molar-refractivity contribution in [1.82, 2.24) is 9.97 Å². The van der Waals surface area contributed by atoms with Gasteiger partial charge < -0.3 is 4.74 Å². The Morgan fingerprint density at radius 2 is 2.16 bits per heavy atom. The van der Waals surface area contributed by atoms with Gasteiger partial charge in [-0.15, -0.1) is 0 Å². The molecule has 1 heterocycles. The SMILES string of the molecule is CCOc1ccc(C(=O)Cc2ccncn2)cc1C. The smallest absolute Gasteiger partial charge is 0.168 e. The summed E-state index contributed by atoms with van der Waals surface area (Å²) in [4.78, 5) is 20.0. The van der Waals surface area contributed by atoms with Crippen LogP contribution in [0.25, 0.3) is 0 Å². The highest BCUT2D eigenvalue weighted by molar-refractivity contribution is 5.97. The molecule has 1 aromatic carbocycles. The Balaban J connectivity index is 2.14. The molecule has 19 heavy (non-hydrogen) atoms. The average molecular weight is 256 g/mol. The van der Waals surface area contributed by atoms with Crippen molar-refractivity contribution in [2.75, 3.05) is 6.61 Å². The number of nitrogens with zero attached hydrogens (tertiary/aromatic N) is 2. The maximum absolute atomic E-state index is 12.1. The van der Waals surface area contributed by atoms with Gasteiger partial charge >= 0.3 is 0 Å². The molecular formula is C15H16N2O2. The van der Waals surface area contributed by atoms with Crippen LogP contribution in [-0.2, 0) is 6.42 Å². The Hall–Kier alpha value is -2.23. The van der Waals surface area contributed by atoms with E-state index >= 15 is 0 Å². The number of ether oxygens (including phenoxy) is 1. The van der Waals surface area contributed by atoms with Gasteiger partial charge in [-0.1, -0.05) is 0 Å². The fourth-order valence-corrected chi connectivity index (χ4v) is 1.83. The topological polar surface area (TPSA) is 52.1 Å². The summed E-state index contributed by atoms with van der Waals surface area (Å²) in [6, 6.07) is 7.24. The zero-order chi connectivity index (χ0) is 13.7. The number of aryl methyl sites for hydroxylation is 1. The standard InChI is InChI=1S/C15H16N2O2/c1-3-19-15-5-4-12(8-11(15)2)14(18)9-13-6-7-16-10-17-13/h4-8,10H,3,9H2,1-2H3. The van der Waals surface area contributed by atoms with Gasteiger partial charge in [-0.05, 0) is 43.7 Å². The molecule has 0 fully saturated rings. The van der Waals surface area contributed by atoms with Crippen molar-refractivity contribution >= 4 is 5.78 Å². The van der Waals surface area contributed by atoms with E-state index in [2.05, 4.69) is 9.97 Å². The predicted molar refractivity (Wildman–Crippen MR) is 72.4 cm³/mol. The first-order valence-corrected chi connectivity index (χ1v) is 6.22. The number of hydrogen-bond acceptors (Lipinski definition) is 4. The normalized spacial score (nSPS) is 10.2. The molecule has 4 nitrogen and oxygen atoms in total. The number of carbonyl (C=O) groups is 1. The van der Waals surface area contributed by atoms with Crippen LogP contribution in [0.2, 0.25) is 0 Å². The highest BCUT2D eigenvalue weighted by Gasteiger charge is 2.10. The molecule has 0 amide bonds. The van der Waals surface area contributed by atoms with Gasteiger partial charge in [0, 0.05) is 11.8 Å². The molecule has 0 saturated heterocycles. The van der Waals surface area contributed by atoms with Crippen LogP contribution in [0.1, 0.15) is 28.5 Å². The Bertz CT molecular complexity index is 568. The Morgan fingerprint density at radius 1 is 1.32 bits per heavy atom. The third kappa shape index (κ3) is 3.37. The lowest BCUT2D eigenvalue weighted by atomic mass is 10.0. The fourth-order valence-electron chi connectivity index (χ4n) is 1.83. The van der Waals surface area contributed by atoms with Crippen molar-refractivity contribution in [1.29, 1.82) is 0 Å². The third-order valence-electron chi connectivity index (χ3n) is 2.78. The van der Waals surface area contributed by atoms with Crippen LogP contribution in [0.5, 0.6) is 5.75 Å². The van der Waals surface area contributed by atoms with E-state index in [9.17, 15) is 4.79 Å². The molecule has 2 aromatic rings. The molecule has 0 radical (unpaired) electrons. The molecule has 0 N–H and O–H groups in total. The van der Waals surface area contributed by atoms with Crippen molar-refractivity contribution in [2.24, 2.45) is 0 Å². The lowest BCUT2D eigenvalue weighted by Crippen LogP contribution is -2.06. The van der Waals surface area contributed by atoms with Gasteiger partial charge in [-0.2, -0.15) is 0 Å². The molecule has 0 bridgehead atoms. The van der Waals surface area contributed by atoms with Crippen LogP contribution in [0.15, 0.2) is 36.8 Å². The lowest BCUT2D eigenvalue weighted by Gasteiger charge is -2.08. The maximum Gasteiger partial charge on any atom is 0.168 e. The number of benzene rings is 1. The second-order valence-electron chi connectivity index (χ2n) is 4.21. The Morgan fingerprint density at radius 3 is 2.79 bits per heavy atom.